The van der Waals surface area contributed by atoms with Gasteiger partial charge in [-0.25, -0.2) is 9.79 Å². The lowest BCUT2D eigenvalue weighted by molar-refractivity contribution is -0.143. The number of fused-ring (bicyclic) bond motifs is 1. The van der Waals surface area contributed by atoms with Crippen molar-refractivity contribution >= 4 is 44.7 Å². The second-order valence-electron chi connectivity index (χ2n) is 6.52. The lowest BCUT2D eigenvalue weighted by atomic mass is 9.94. The third kappa shape index (κ3) is 3.47. The molecule has 0 bridgehead atoms. The zero-order valence-electron chi connectivity index (χ0n) is 15.2. The van der Waals surface area contributed by atoms with E-state index in [0.717, 1.165) is 16.5 Å². The monoisotopic (exact) mass is 436 g/mol. The minimum atomic E-state index is -0.515. The van der Waals surface area contributed by atoms with Gasteiger partial charge in [-0.2, -0.15) is 0 Å². The van der Waals surface area contributed by atoms with Crippen molar-refractivity contribution in [3.8, 4) is 0 Å². The quantitative estimate of drug-likeness (QED) is 0.654. The van der Waals surface area contributed by atoms with Gasteiger partial charge in [0.2, 0.25) is 5.91 Å². The van der Waals surface area contributed by atoms with Crippen LogP contribution in [-0.2, 0) is 14.3 Å². The Balaban J connectivity index is 2.12. The van der Waals surface area contributed by atoms with Gasteiger partial charge in [-0.05, 0) is 44.9 Å². The molecule has 138 valence electrons. The number of allylic oxidation sites excluding steroid dienone is 1. The van der Waals surface area contributed by atoms with Crippen LogP contribution in [0.5, 0.6) is 0 Å². The van der Waals surface area contributed by atoms with E-state index in [-0.39, 0.29) is 17.3 Å². The van der Waals surface area contributed by atoms with E-state index in [4.69, 9.17) is 4.74 Å². The predicted molar refractivity (Wildman–Crippen MR) is 107 cm³/mol. The highest BCUT2D eigenvalue weighted by Gasteiger charge is 2.47. The SMILES string of the molecule is CC[C@@H]1SC2=NC(C)=C(C(=O)OC(C)C)[C@H](c3ccc(Br)cc3)N2C1=O. The summed E-state index contributed by atoms with van der Waals surface area (Å²) < 4.78 is 6.39. The Morgan fingerprint density at radius 3 is 2.58 bits per heavy atom. The summed E-state index contributed by atoms with van der Waals surface area (Å²) in [5.41, 5.74) is 1.89. The van der Waals surface area contributed by atoms with Crippen LogP contribution in [0, 0.1) is 0 Å². The van der Waals surface area contributed by atoms with Gasteiger partial charge in [0, 0.05) is 4.47 Å². The molecule has 1 fully saturated rings. The molecule has 5 nitrogen and oxygen atoms in total. The lowest BCUT2D eigenvalue weighted by Gasteiger charge is -2.33. The number of carbonyl (C=O) groups excluding carboxylic acids is 2. The van der Waals surface area contributed by atoms with Crippen molar-refractivity contribution < 1.29 is 14.3 Å². The van der Waals surface area contributed by atoms with E-state index < -0.39 is 12.0 Å². The van der Waals surface area contributed by atoms with Crippen molar-refractivity contribution in [3.05, 3.63) is 45.6 Å². The first-order chi connectivity index (χ1) is 12.3. The summed E-state index contributed by atoms with van der Waals surface area (Å²) in [7, 11) is 0. The summed E-state index contributed by atoms with van der Waals surface area (Å²) in [6.45, 7) is 7.41. The number of nitrogens with zero attached hydrogens (tertiary/aromatic N) is 2. The fourth-order valence-electron chi connectivity index (χ4n) is 3.09. The van der Waals surface area contributed by atoms with Crippen LogP contribution in [0.4, 0.5) is 0 Å². The normalized spacial score (nSPS) is 22.6. The van der Waals surface area contributed by atoms with E-state index in [1.54, 1.807) is 11.8 Å². The maximum atomic E-state index is 13.0. The molecule has 2 atom stereocenters. The van der Waals surface area contributed by atoms with E-state index >= 15 is 0 Å². The molecule has 0 radical (unpaired) electrons. The highest BCUT2D eigenvalue weighted by molar-refractivity contribution is 9.10. The molecular formula is C19H21BrN2O3S. The van der Waals surface area contributed by atoms with Crippen LogP contribution < -0.4 is 0 Å². The Morgan fingerprint density at radius 1 is 1.35 bits per heavy atom. The molecule has 0 aromatic heterocycles. The third-order valence-corrected chi connectivity index (χ3v) is 6.12. The Morgan fingerprint density at radius 2 is 2.00 bits per heavy atom. The standard InChI is InChI=1S/C19H21BrN2O3S/c1-5-14-17(23)22-16(12-6-8-13(20)9-7-12)15(18(24)25-10(2)3)11(4)21-19(22)26-14/h6-10,14,16H,5H2,1-4H3/t14-,16-/m0/s1. The number of benzene rings is 1. The van der Waals surface area contributed by atoms with Crippen LogP contribution in [0.1, 0.15) is 45.7 Å². The molecule has 0 spiro atoms. The Kier molecular flexibility index (Phi) is 5.58. The van der Waals surface area contributed by atoms with E-state index in [0.29, 0.717) is 16.4 Å². The van der Waals surface area contributed by atoms with Gasteiger partial charge in [0.05, 0.1) is 28.7 Å². The molecule has 2 heterocycles. The smallest absolute Gasteiger partial charge is 0.338 e. The number of carbonyl (C=O) groups is 2. The molecular weight excluding hydrogens is 416 g/mol. The topological polar surface area (TPSA) is 59.0 Å². The number of thioether (sulfide) groups is 1. The minimum Gasteiger partial charge on any atom is -0.459 e. The van der Waals surface area contributed by atoms with Crippen molar-refractivity contribution in [2.75, 3.05) is 0 Å². The molecule has 7 heteroatoms. The minimum absolute atomic E-state index is 0.00786. The number of hydrogen-bond acceptors (Lipinski definition) is 5. The fourth-order valence-corrected chi connectivity index (χ4v) is 4.49. The van der Waals surface area contributed by atoms with Crippen molar-refractivity contribution in [2.45, 2.75) is 51.5 Å². The summed E-state index contributed by atoms with van der Waals surface area (Å²) in [5, 5.41) is 0.494. The molecule has 0 N–H and O–H groups in total. The number of aliphatic imine (C=N–C) groups is 1. The average Bonchev–Trinajstić information content (AvgIpc) is 2.89. The summed E-state index contributed by atoms with van der Waals surface area (Å²) in [6.07, 6.45) is 0.475. The maximum Gasteiger partial charge on any atom is 0.338 e. The van der Waals surface area contributed by atoms with Gasteiger partial charge in [0.15, 0.2) is 5.17 Å². The first-order valence-corrected chi connectivity index (χ1v) is 10.3. The fraction of sp³-hybridized carbons (Fsp3) is 0.421. The number of halogens is 1. The van der Waals surface area contributed by atoms with E-state index in [9.17, 15) is 9.59 Å². The summed E-state index contributed by atoms with van der Waals surface area (Å²) >= 11 is 4.90. The Hall–Kier alpha value is -1.60. The largest absolute Gasteiger partial charge is 0.459 e. The van der Waals surface area contributed by atoms with Crippen LogP contribution >= 0.6 is 27.7 Å². The third-order valence-electron chi connectivity index (χ3n) is 4.27. The van der Waals surface area contributed by atoms with Crippen molar-refractivity contribution in [2.24, 2.45) is 4.99 Å². The van der Waals surface area contributed by atoms with Gasteiger partial charge in [0.25, 0.3) is 0 Å². The summed E-state index contributed by atoms with van der Waals surface area (Å²) in [6, 6.07) is 7.15. The number of esters is 1. The first kappa shape index (κ1) is 19.2. The molecule has 1 aromatic rings. The average molecular weight is 437 g/mol. The molecule has 1 aromatic carbocycles. The summed E-state index contributed by atoms with van der Waals surface area (Å²) in [4.78, 5) is 32.0. The first-order valence-electron chi connectivity index (χ1n) is 8.59. The lowest BCUT2D eigenvalue weighted by Crippen LogP contribution is -2.41. The van der Waals surface area contributed by atoms with Crippen LogP contribution in [0.3, 0.4) is 0 Å². The van der Waals surface area contributed by atoms with Gasteiger partial charge in [-0.3, -0.25) is 9.69 Å². The molecule has 0 unspecified atom stereocenters. The molecule has 26 heavy (non-hydrogen) atoms. The Bertz CT molecular complexity index is 802. The molecule has 2 aliphatic heterocycles. The predicted octanol–water partition coefficient (Wildman–Crippen LogP) is 4.44. The number of ether oxygens (including phenoxy) is 1. The van der Waals surface area contributed by atoms with E-state index in [2.05, 4.69) is 20.9 Å². The highest BCUT2D eigenvalue weighted by atomic mass is 79.9. The van der Waals surface area contributed by atoms with Crippen LogP contribution in [0.15, 0.2) is 45.0 Å². The van der Waals surface area contributed by atoms with Gasteiger partial charge in [0.1, 0.15) is 0 Å². The molecule has 0 aliphatic carbocycles. The molecule has 0 saturated carbocycles. The summed E-state index contributed by atoms with van der Waals surface area (Å²) in [5.74, 6) is -0.433. The highest BCUT2D eigenvalue weighted by Crippen LogP contribution is 2.44. The van der Waals surface area contributed by atoms with Crippen molar-refractivity contribution in [1.82, 2.24) is 4.90 Å². The number of amides is 1. The van der Waals surface area contributed by atoms with E-state index in [1.807, 2.05) is 45.0 Å². The van der Waals surface area contributed by atoms with Crippen molar-refractivity contribution in [1.29, 1.82) is 0 Å². The van der Waals surface area contributed by atoms with Gasteiger partial charge < -0.3 is 4.74 Å². The van der Waals surface area contributed by atoms with Crippen LogP contribution in [0.25, 0.3) is 0 Å². The second kappa shape index (κ2) is 7.56. The number of amidine groups is 1. The van der Waals surface area contributed by atoms with E-state index in [1.165, 1.54) is 11.8 Å². The van der Waals surface area contributed by atoms with Gasteiger partial charge >= 0.3 is 5.97 Å². The molecule has 1 saturated heterocycles. The zero-order valence-corrected chi connectivity index (χ0v) is 17.6. The van der Waals surface area contributed by atoms with Crippen LogP contribution in [0.2, 0.25) is 0 Å². The molecule has 3 rings (SSSR count). The Labute approximate surface area is 166 Å². The number of hydrogen-bond donors (Lipinski definition) is 0. The molecule has 2 aliphatic rings. The maximum absolute atomic E-state index is 13.0. The second-order valence-corrected chi connectivity index (χ2v) is 8.61. The zero-order chi connectivity index (χ0) is 19.0. The van der Waals surface area contributed by atoms with Crippen LogP contribution in [-0.4, -0.2) is 33.3 Å². The molecule has 1 amide bonds. The number of rotatable bonds is 4. The van der Waals surface area contributed by atoms with Gasteiger partial charge in [-0.1, -0.05) is 46.7 Å². The van der Waals surface area contributed by atoms with Crippen molar-refractivity contribution in [3.63, 3.8) is 0 Å². The van der Waals surface area contributed by atoms with Gasteiger partial charge in [-0.15, -0.1) is 0 Å².